The molecule has 0 aliphatic heterocycles. The molecule has 0 bridgehead atoms. The van der Waals surface area contributed by atoms with Crippen molar-refractivity contribution in [3.63, 3.8) is 0 Å². The Bertz CT molecular complexity index is 888. The van der Waals surface area contributed by atoms with Crippen LogP contribution in [0.15, 0.2) is 47.4 Å². The van der Waals surface area contributed by atoms with Gasteiger partial charge in [-0.25, -0.2) is 0 Å². The van der Waals surface area contributed by atoms with E-state index in [2.05, 4.69) is 9.97 Å². The maximum Gasteiger partial charge on any atom is 0.302 e. The number of carbonyl (C=O) groups excluding carboxylic acids is 1. The second kappa shape index (κ2) is 6.03. The fourth-order valence-corrected chi connectivity index (χ4v) is 2.92. The summed E-state index contributed by atoms with van der Waals surface area (Å²) < 4.78 is 5.79. The van der Waals surface area contributed by atoms with Crippen molar-refractivity contribution in [3.05, 3.63) is 58.5 Å². The summed E-state index contributed by atoms with van der Waals surface area (Å²) in [6, 6.07) is 10.9. The van der Waals surface area contributed by atoms with Gasteiger partial charge in [0, 0.05) is 23.4 Å². The van der Waals surface area contributed by atoms with Gasteiger partial charge in [0.2, 0.25) is 0 Å². The fraction of sp³-hybridized carbons (Fsp3) is 0.125. The van der Waals surface area contributed by atoms with E-state index in [0.717, 1.165) is 10.3 Å². The Kier molecular flexibility index (Phi) is 3.93. The van der Waals surface area contributed by atoms with E-state index < -0.39 is 0 Å². The first-order chi connectivity index (χ1) is 10.6. The van der Waals surface area contributed by atoms with E-state index in [9.17, 15) is 9.59 Å². The molecule has 0 radical (unpaired) electrons. The van der Waals surface area contributed by atoms with Crippen LogP contribution < -0.4 is 5.56 Å². The van der Waals surface area contributed by atoms with E-state index in [1.807, 2.05) is 18.2 Å². The second-order valence-corrected chi connectivity index (χ2v) is 5.68. The molecule has 0 spiro atoms. The average molecular weight is 312 g/mol. The number of benzene rings is 1. The Balaban J connectivity index is 1.94. The molecule has 2 aromatic heterocycles. The summed E-state index contributed by atoms with van der Waals surface area (Å²) in [5.41, 5.74) is 1.15. The molecule has 0 amide bonds. The minimum absolute atomic E-state index is 0.185. The first kappa shape index (κ1) is 14.3. The van der Waals surface area contributed by atoms with E-state index in [1.54, 1.807) is 24.4 Å². The monoisotopic (exact) mass is 312 g/mol. The molecular weight excluding hydrogens is 300 g/mol. The summed E-state index contributed by atoms with van der Waals surface area (Å²) in [4.78, 5) is 31.2. The van der Waals surface area contributed by atoms with Crippen LogP contribution in [0, 0.1) is 0 Å². The van der Waals surface area contributed by atoms with Crippen molar-refractivity contribution in [2.75, 3.05) is 0 Å². The summed E-state index contributed by atoms with van der Waals surface area (Å²) >= 11 is 1.42. The molecule has 0 atom stereocenters. The highest BCUT2D eigenvalue weighted by Crippen LogP contribution is 2.24. The highest BCUT2D eigenvalue weighted by molar-refractivity contribution is 7.21. The first-order valence-electron chi connectivity index (χ1n) is 6.62. The quantitative estimate of drug-likeness (QED) is 0.696. The number of hydrogen-bond acceptors (Lipinski definition) is 6. The Hall–Kier alpha value is -2.60. The van der Waals surface area contributed by atoms with Gasteiger partial charge in [-0.2, -0.15) is 4.98 Å². The summed E-state index contributed by atoms with van der Waals surface area (Å²) in [5.74, 6) is -0.335. The molecule has 0 fully saturated rings. The van der Waals surface area contributed by atoms with Gasteiger partial charge in [0.15, 0.2) is 0 Å². The topological polar surface area (TPSA) is 69.2 Å². The number of pyridine rings is 1. The van der Waals surface area contributed by atoms with E-state index >= 15 is 0 Å². The molecule has 0 aliphatic carbocycles. The smallest absolute Gasteiger partial charge is 0.302 e. The van der Waals surface area contributed by atoms with Gasteiger partial charge in [-0.3, -0.25) is 14.6 Å². The Morgan fingerprint density at radius 3 is 2.77 bits per heavy atom. The molecule has 3 aromatic rings. The first-order valence-corrected chi connectivity index (χ1v) is 7.44. The standard InChI is InChI=1S/C16H12N2O3S/c1-10(19)21-9-11-6-7-13(17-8-11)16-18-15(20)12-4-2-3-5-14(12)22-16/h2-8H,9H2,1H3. The van der Waals surface area contributed by atoms with Crippen molar-refractivity contribution < 1.29 is 9.53 Å². The largest absolute Gasteiger partial charge is 0.461 e. The lowest BCUT2D eigenvalue weighted by atomic mass is 10.2. The van der Waals surface area contributed by atoms with Gasteiger partial charge in [-0.15, -0.1) is 11.3 Å². The maximum absolute atomic E-state index is 12.0. The van der Waals surface area contributed by atoms with Crippen molar-refractivity contribution in [2.45, 2.75) is 13.5 Å². The van der Waals surface area contributed by atoms with Gasteiger partial charge in [0.1, 0.15) is 11.6 Å². The van der Waals surface area contributed by atoms with E-state index in [0.29, 0.717) is 16.1 Å². The lowest BCUT2D eigenvalue weighted by Gasteiger charge is -2.04. The van der Waals surface area contributed by atoms with Gasteiger partial charge < -0.3 is 4.74 Å². The van der Waals surface area contributed by atoms with Gasteiger partial charge >= 0.3 is 5.97 Å². The van der Waals surface area contributed by atoms with E-state index in [4.69, 9.17) is 4.74 Å². The van der Waals surface area contributed by atoms with Crippen molar-refractivity contribution in [2.24, 2.45) is 0 Å². The van der Waals surface area contributed by atoms with Crippen LogP contribution in [0.4, 0.5) is 0 Å². The highest BCUT2D eigenvalue weighted by Gasteiger charge is 2.08. The zero-order valence-corrected chi connectivity index (χ0v) is 12.6. The molecule has 0 N–H and O–H groups in total. The number of fused-ring (bicyclic) bond motifs is 1. The molecule has 5 nitrogen and oxygen atoms in total. The highest BCUT2D eigenvalue weighted by atomic mass is 32.1. The van der Waals surface area contributed by atoms with Crippen LogP contribution in [0.2, 0.25) is 0 Å². The predicted octanol–water partition coefficient (Wildman–Crippen LogP) is 2.78. The second-order valence-electron chi connectivity index (χ2n) is 4.65. The van der Waals surface area contributed by atoms with Gasteiger partial charge in [0.05, 0.1) is 11.1 Å². The molecule has 0 saturated carbocycles. The molecule has 6 heteroatoms. The van der Waals surface area contributed by atoms with Crippen LogP contribution in [-0.2, 0) is 16.1 Å². The predicted molar refractivity (Wildman–Crippen MR) is 84.6 cm³/mol. The number of esters is 1. The third-order valence-electron chi connectivity index (χ3n) is 3.01. The molecule has 2 heterocycles. The van der Waals surface area contributed by atoms with Gasteiger partial charge in [-0.1, -0.05) is 18.2 Å². The number of ether oxygens (including phenoxy) is 1. The zero-order valence-electron chi connectivity index (χ0n) is 11.8. The van der Waals surface area contributed by atoms with Crippen LogP contribution in [0.1, 0.15) is 12.5 Å². The minimum atomic E-state index is -0.335. The van der Waals surface area contributed by atoms with Gasteiger partial charge in [0.25, 0.3) is 5.56 Å². The normalized spacial score (nSPS) is 10.6. The lowest BCUT2D eigenvalue weighted by Crippen LogP contribution is -2.06. The molecule has 0 unspecified atom stereocenters. The van der Waals surface area contributed by atoms with Crippen molar-refractivity contribution >= 4 is 27.4 Å². The third-order valence-corrected chi connectivity index (χ3v) is 4.08. The number of carbonyl (C=O) groups is 1. The summed E-state index contributed by atoms with van der Waals surface area (Å²) in [7, 11) is 0. The number of hydrogen-bond donors (Lipinski definition) is 0. The van der Waals surface area contributed by atoms with Crippen LogP contribution in [0.3, 0.4) is 0 Å². The average Bonchev–Trinajstić information content (AvgIpc) is 2.53. The number of rotatable bonds is 3. The molecule has 110 valence electrons. The summed E-state index contributed by atoms with van der Waals surface area (Å²) in [5, 5.41) is 1.19. The zero-order chi connectivity index (χ0) is 15.5. The van der Waals surface area contributed by atoms with Crippen LogP contribution in [0.25, 0.3) is 20.8 Å². The molecule has 0 aliphatic rings. The maximum atomic E-state index is 12.0. The van der Waals surface area contributed by atoms with Gasteiger partial charge in [-0.05, 0) is 18.2 Å². The Labute approximate surface area is 130 Å². The fourth-order valence-electron chi connectivity index (χ4n) is 1.94. The SMILES string of the molecule is CC(=O)OCc1ccc(-c2nc(=O)c3ccccc3s2)nc1. The van der Waals surface area contributed by atoms with Crippen molar-refractivity contribution in [1.29, 1.82) is 0 Å². The molecular formula is C16H12N2O3S. The Morgan fingerprint density at radius 2 is 2.05 bits per heavy atom. The summed E-state index contributed by atoms with van der Waals surface area (Å²) in [6.45, 7) is 1.54. The van der Waals surface area contributed by atoms with Crippen molar-refractivity contribution in [3.8, 4) is 10.7 Å². The van der Waals surface area contributed by atoms with Crippen LogP contribution >= 0.6 is 11.3 Å². The van der Waals surface area contributed by atoms with E-state index in [1.165, 1.54) is 18.3 Å². The summed E-state index contributed by atoms with van der Waals surface area (Å²) in [6.07, 6.45) is 1.62. The van der Waals surface area contributed by atoms with Crippen LogP contribution in [0.5, 0.6) is 0 Å². The molecule has 0 saturated heterocycles. The molecule has 1 aromatic carbocycles. The van der Waals surface area contributed by atoms with E-state index in [-0.39, 0.29) is 18.1 Å². The van der Waals surface area contributed by atoms with Crippen LogP contribution in [-0.4, -0.2) is 15.9 Å². The van der Waals surface area contributed by atoms with Crippen molar-refractivity contribution in [1.82, 2.24) is 9.97 Å². The Morgan fingerprint density at radius 1 is 1.23 bits per heavy atom. The molecule has 3 rings (SSSR count). The number of aromatic nitrogens is 2. The number of nitrogens with zero attached hydrogens (tertiary/aromatic N) is 2. The lowest BCUT2D eigenvalue weighted by molar-refractivity contribution is -0.142. The minimum Gasteiger partial charge on any atom is -0.461 e. The third kappa shape index (κ3) is 3.01. The molecule has 22 heavy (non-hydrogen) atoms.